The predicted octanol–water partition coefficient (Wildman–Crippen LogP) is 4.28. The van der Waals surface area contributed by atoms with Gasteiger partial charge in [0.05, 0.1) is 0 Å². The van der Waals surface area contributed by atoms with Crippen LogP contribution in [0.5, 0.6) is 0 Å². The molecule has 2 heteroatoms. The molecule has 21 heavy (non-hydrogen) atoms. The van der Waals surface area contributed by atoms with Gasteiger partial charge in [-0.3, -0.25) is 0 Å². The second-order valence-electron chi connectivity index (χ2n) is 6.38. The van der Waals surface area contributed by atoms with E-state index in [-0.39, 0.29) is 5.82 Å². The Balaban J connectivity index is 1.84. The minimum Gasteiger partial charge on any atom is -0.380 e. The number of hydrogen-bond acceptors (Lipinski definition) is 1. The van der Waals surface area contributed by atoms with E-state index in [1.54, 1.807) is 12.1 Å². The lowest BCUT2D eigenvalue weighted by Crippen LogP contribution is -2.27. The van der Waals surface area contributed by atoms with E-state index in [0.717, 1.165) is 23.1 Å². The normalized spacial score (nSPS) is 24.7. The van der Waals surface area contributed by atoms with Crippen molar-refractivity contribution in [2.24, 2.45) is 0 Å². The molecule has 0 aromatic heterocycles. The zero-order valence-corrected chi connectivity index (χ0v) is 12.0. The quantitative estimate of drug-likeness (QED) is 0.872. The number of aliphatic hydroxyl groups is 1. The van der Waals surface area contributed by atoms with Crippen LogP contribution >= 0.6 is 0 Å². The molecule has 2 aromatic rings. The first-order valence-electron chi connectivity index (χ1n) is 7.79. The second kappa shape index (κ2) is 4.67. The van der Waals surface area contributed by atoms with Crippen molar-refractivity contribution in [3.8, 4) is 0 Å². The third-order valence-electron chi connectivity index (χ3n) is 5.22. The van der Waals surface area contributed by atoms with Crippen LogP contribution in [-0.2, 0) is 12.0 Å². The maximum atomic E-state index is 13.4. The Morgan fingerprint density at radius 3 is 2.62 bits per heavy atom. The highest BCUT2D eigenvalue weighted by atomic mass is 19.1. The summed E-state index contributed by atoms with van der Waals surface area (Å²) in [6.45, 7) is 0. The molecule has 2 aliphatic carbocycles. The second-order valence-corrected chi connectivity index (χ2v) is 6.38. The van der Waals surface area contributed by atoms with Gasteiger partial charge in [0.2, 0.25) is 0 Å². The first-order chi connectivity index (χ1) is 10.2. The van der Waals surface area contributed by atoms with Crippen molar-refractivity contribution in [3.05, 3.63) is 70.5 Å². The van der Waals surface area contributed by atoms with Gasteiger partial charge >= 0.3 is 0 Å². The Kier molecular flexibility index (Phi) is 2.90. The predicted molar refractivity (Wildman–Crippen MR) is 80.8 cm³/mol. The van der Waals surface area contributed by atoms with Crippen LogP contribution in [0.25, 0.3) is 0 Å². The van der Waals surface area contributed by atoms with Crippen LogP contribution in [0.15, 0.2) is 42.5 Å². The molecular weight excluding hydrogens is 263 g/mol. The summed E-state index contributed by atoms with van der Waals surface area (Å²) in [5.74, 6) is 0.361. The zero-order valence-electron chi connectivity index (χ0n) is 12.0. The van der Waals surface area contributed by atoms with E-state index >= 15 is 0 Å². The number of benzene rings is 2. The van der Waals surface area contributed by atoms with Gasteiger partial charge in [-0.15, -0.1) is 0 Å². The SMILES string of the molecule is OC1(c2ccccc2C2CCC2)CCc2cc(F)ccc21. The molecule has 1 unspecified atom stereocenters. The molecule has 1 atom stereocenters. The van der Waals surface area contributed by atoms with Crippen LogP contribution in [0.1, 0.15) is 53.9 Å². The Labute approximate surface area is 124 Å². The van der Waals surface area contributed by atoms with Crippen LogP contribution in [0.4, 0.5) is 4.39 Å². The maximum absolute atomic E-state index is 13.4. The molecule has 0 aliphatic heterocycles. The third kappa shape index (κ3) is 1.93. The molecule has 0 amide bonds. The summed E-state index contributed by atoms with van der Waals surface area (Å²) in [6, 6.07) is 13.0. The number of rotatable bonds is 2. The van der Waals surface area contributed by atoms with Crippen LogP contribution in [0.3, 0.4) is 0 Å². The van der Waals surface area contributed by atoms with E-state index in [2.05, 4.69) is 12.1 Å². The zero-order chi connectivity index (χ0) is 14.4. The Hall–Kier alpha value is -1.67. The minimum atomic E-state index is -0.949. The number of hydrogen-bond donors (Lipinski definition) is 1. The maximum Gasteiger partial charge on any atom is 0.123 e. The lowest BCUT2D eigenvalue weighted by atomic mass is 9.74. The van der Waals surface area contributed by atoms with Gasteiger partial charge in [0, 0.05) is 0 Å². The van der Waals surface area contributed by atoms with E-state index in [1.165, 1.54) is 30.9 Å². The number of fused-ring (bicyclic) bond motifs is 1. The molecular formula is C19H19FO. The average molecular weight is 282 g/mol. The van der Waals surface area contributed by atoms with Crippen LogP contribution in [0.2, 0.25) is 0 Å². The lowest BCUT2D eigenvalue weighted by molar-refractivity contribution is 0.0809. The highest BCUT2D eigenvalue weighted by Gasteiger charge is 2.41. The largest absolute Gasteiger partial charge is 0.380 e. The van der Waals surface area contributed by atoms with Gasteiger partial charge < -0.3 is 5.11 Å². The van der Waals surface area contributed by atoms with E-state index in [4.69, 9.17) is 0 Å². The van der Waals surface area contributed by atoms with Crippen LogP contribution in [-0.4, -0.2) is 5.11 Å². The first-order valence-corrected chi connectivity index (χ1v) is 7.79. The summed E-state index contributed by atoms with van der Waals surface area (Å²) in [7, 11) is 0. The fourth-order valence-corrected chi connectivity index (χ4v) is 3.85. The summed E-state index contributed by atoms with van der Waals surface area (Å²) in [6.07, 6.45) is 5.09. The van der Waals surface area contributed by atoms with Gasteiger partial charge in [-0.1, -0.05) is 36.8 Å². The topological polar surface area (TPSA) is 20.2 Å². The van der Waals surface area contributed by atoms with E-state index < -0.39 is 5.60 Å². The molecule has 108 valence electrons. The fourth-order valence-electron chi connectivity index (χ4n) is 3.85. The van der Waals surface area contributed by atoms with Crippen LogP contribution in [0, 0.1) is 5.82 Å². The minimum absolute atomic E-state index is 0.217. The fraction of sp³-hybridized carbons (Fsp3) is 0.368. The summed E-state index contributed by atoms with van der Waals surface area (Å²) in [4.78, 5) is 0. The van der Waals surface area contributed by atoms with E-state index in [9.17, 15) is 9.50 Å². The lowest BCUT2D eigenvalue weighted by Gasteiger charge is -2.33. The first kappa shape index (κ1) is 13.0. The molecule has 1 saturated carbocycles. The van der Waals surface area contributed by atoms with Gasteiger partial charge in [0.1, 0.15) is 11.4 Å². The summed E-state index contributed by atoms with van der Waals surface area (Å²) in [5, 5.41) is 11.3. The highest BCUT2D eigenvalue weighted by Crippen LogP contribution is 2.47. The molecule has 0 saturated heterocycles. The molecule has 4 rings (SSSR count). The Bertz CT molecular complexity index is 690. The number of halogens is 1. The van der Waals surface area contributed by atoms with Crippen molar-refractivity contribution in [1.29, 1.82) is 0 Å². The van der Waals surface area contributed by atoms with Gasteiger partial charge in [-0.2, -0.15) is 0 Å². The molecule has 2 aromatic carbocycles. The highest BCUT2D eigenvalue weighted by molar-refractivity contribution is 5.49. The summed E-state index contributed by atoms with van der Waals surface area (Å²) in [5.41, 5.74) is 3.19. The van der Waals surface area contributed by atoms with E-state index in [1.807, 2.05) is 12.1 Å². The standard InChI is InChI=1S/C19H19FO/c20-15-8-9-17-14(12-15)10-11-19(17,21)18-7-2-1-6-16(18)13-4-3-5-13/h1-2,6-9,12-13,21H,3-5,10-11H2. The monoisotopic (exact) mass is 282 g/mol. The van der Waals surface area contributed by atoms with Gasteiger partial charge in [0.15, 0.2) is 0 Å². The van der Waals surface area contributed by atoms with Crippen molar-refractivity contribution >= 4 is 0 Å². The smallest absolute Gasteiger partial charge is 0.123 e. The van der Waals surface area contributed by atoms with Crippen molar-refractivity contribution in [3.63, 3.8) is 0 Å². The molecule has 0 bridgehead atoms. The Morgan fingerprint density at radius 2 is 1.86 bits per heavy atom. The van der Waals surface area contributed by atoms with Crippen molar-refractivity contribution < 1.29 is 9.50 Å². The molecule has 1 N–H and O–H groups in total. The van der Waals surface area contributed by atoms with Crippen molar-refractivity contribution in [2.45, 2.75) is 43.6 Å². The third-order valence-corrected chi connectivity index (χ3v) is 5.22. The van der Waals surface area contributed by atoms with Gasteiger partial charge in [-0.05, 0) is 66.0 Å². The number of aryl methyl sites for hydroxylation is 1. The van der Waals surface area contributed by atoms with Gasteiger partial charge in [-0.25, -0.2) is 4.39 Å². The molecule has 1 fully saturated rings. The molecule has 2 aliphatic rings. The summed E-state index contributed by atoms with van der Waals surface area (Å²) >= 11 is 0. The summed E-state index contributed by atoms with van der Waals surface area (Å²) < 4.78 is 13.4. The Morgan fingerprint density at radius 1 is 1.05 bits per heavy atom. The van der Waals surface area contributed by atoms with Crippen molar-refractivity contribution in [2.75, 3.05) is 0 Å². The molecule has 1 nitrogen and oxygen atoms in total. The van der Waals surface area contributed by atoms with Gasteiger partial charge in [0.25, 0.3) is 0 Å². The molecule has 0 spiro atoms. The molecule has 0 radical (unpaired) electrons. The van der Waals surface area contributed by atoms with Crippen molar-refractivity contribution in [1.82, 2.24) is 0 Å². The van der Waals surface area contributed by atoms with Crippen LogP contribution < -0.4 is 0 Å². The molecule has 0 heterocycles. The van der Waals surface area contributed by atoms with E-state index in [0.29, 0.717) is 12.3 Å². The average Bonchev–Trinajstić information content (AvgIpc) is 2.75.